The van der Waals surface area contributed by atoms with Crippen molar-refractivity contribution >= 4 is 0 Å². The third-order valence-corrected chi connectivity index (χ3v) is 3.29. The Labute approximate surface area is 103 Å². The number of fused-ring (bicyclic) bond motifs is 1. The van der Waals surface area contributed by atoms with Gasteiger partial charge in [0.05, 0.1) is 0 Å². The van der Waals surface area contributed by atoms with Gasteiger partial charge in [-0.25, -0.2) is 0 Å². The molecule has 83 valence electrons. The maximum absolute atomic E-state index is 3.56. The molecule has 0 saturated carbocycles. The van der Waals surface area contributed by atoms with Crippen LogP contribution in [0.15, 0.2) is 60.2 Å². The standard InChI is InChI=1S/C17H15/c1-2-6-14(7-3-1)12-15-10-11-16-8-4-5-9-17(16)13-15/h1-9H,10-12H2. The molecular formula is C17H15. The van der Waals surface area contributed by atoms with Gasteiger partial charge in [0.2, 0.25) is 0 Å². The molecule has 0 N–H and O–H groups in total. The molecule has 1 radical (unpaired) electrons. The minimum atomic E-state index is 1.04. The van der Waals surface area contributed by atoms with Crippen molar-refractivity contribution in [3.63, 3.8) is 0 Å². The SMILES string of the molecule is [C]1=C(Cc2ccccc2)CCc2ccccc21. The van der Waals surface area contributed by atoms with Crippen LogP contribution in [0.1, 0.15) is 23.1 Å². The van der Waals surface area contributed by atoms with E-state index in [1.165, 1.54) is 22.3 Å². The van der Waals surface area contributed by atoms with E-state index in [1.807, 2.05) is 0 Å². The van der Waals surface area contributed by atoms with Gasteiger partial charge in [0, 0.05) is 0 Å². The predicted molar refractivity (Wildman–Crippen MR) is 70.8 cm³/mol. The van der Waals surface area contributed by atoms with Gasteiger partial charge >= 0.3 is 0 Å². The summed E-state index contributed by atoms with van der Waals surface area (Å²) in [5.74, 6) is 0. The fourth-order valence-electron chi connectivity index (χ4n) is 2.37. The van der Waals surface area contributed by atoms with Crippen LogP contribution in [0.3, 0.4) is 0 Å². The van der Waals surface area contributed by atoms with Crippen LogP contribution >= 0.6 is 0 Å². The zero-order valence-corrected chi connectivity index (χ0v) is 9.82. The molecule has 0 amide bonds. The van der Waals surface area contributed by atoms with E-state index in [1.54, 1.807) is 0 Å². The van der Waals surface area contributed by atoms with Crippen LogP contribution in [0.25, 0.3) is 0 Å². The molecule has 0 aliphatic heterocycles. The highest BCUT2D eigenvalue weighted by molar-refractivity contribution is 5.38. The quantitative estimate of drug-likeness (QED) is 0.717. The first-order valence-electron chi connectivity index (χ1n) is 6.15. The van der Waals surface area contributed by atoms with E-state index in [4.69, 9.17) is 0 Å². The summed E-state index contributed by atoms with van der Waals surface area (Å²) in [4.78, 5) is 0. The van der Waals surface area contributed by atoms with E-state index in [9.17, 15) is 0 Å². The Bertz CT molecular complexity index is 535. The number of aryl methyl sites for hydroxylation is 1. The van der Waals surface area contributed by atoms with Gasteiger partial charge in [-0.05, 0) is 42.0 Å². The van der Waals surface area contributed by atoms with E-state index in [2.05, 4.69) is 60.7 Å². The molecule has 1 aliphatic rings. The van der Waals surface area contributed by atoms with Crippen molar-refractivity contribution < 1.29 is 0 Å². The zero-order valence-electron chi connectivity index (χ0n) is 9.82. The van der Waals surface area contributed by atoms with Gasteiger partial charge in [-0.15, -0.1) is 0 Å². The molecule has 2 aromatic carbocycles. The second-order valence-corrected chi connectivity index (χ2v) is 4.55. The first-order chi connectivity index (χ1) is 8.42. The predicted octanol–water partition coefficient (Wildman–Crippen LogP) is 3.95. The van der Waals surface area contributed by atoms with Gasteiger partial charge in [0.15, 0.2) is 0 Å². The fourth-order valence-corrected chi connectivity index (χ4v) is 2.37. The molecule has 0 unspecified atom stereocenters. The Morgan fingerprint density at radius 3 is 2.47 bits per heavy atom. The summed E-state index contributed by atoms with van der Waals surface area (Å²) in [6.07, 6.45) is 6.90. The van der Waals surface area contributed by atoms with Crippen molar-refractivity contribution in [3.8, 4) is 0 Å². The van der Waals surface area contributed by atoms with Crippen LogP contribution in [0, 0.1) is 6.08 Å². The highest BCUT2D eigenvalue weighted by atomic mass is 14.1. The molecular weight excluding hydrogens is 204 g/mol. The molecule has 0 saturated heterocycles. The summed E-state index contributed by atoms with van der Waals surface area (Å²) < 4.78 is 0. The first-order valence-corrected chi connectivity index (χ1v) is 6.15. The highest BCUT2D eigenvalue weighted by Crippen LogP contribution is 2.23. The molecule has 0 fully saturated rings. The molecule has 0 nitrogen and oxygen atoms in total. The van der Waals surface area contributed by atoms with Crippen molar-refractivity contribution in [2.75, 3.05) is 0 Å². The van der Waals surface area contributed by atoms with Crippen LogP contribution in [0.2, 0.25) is 0 Å². The maximum Gasteiger partial charge on any atom is -0.00575 e. The Balaban J connectivity index is 1.85. The number of hydrogen-bond acceptors (Lipinski definition) is 0. The van der Waals surface area contributed by atoms with Gasteiger partial charge in [-0.1, -0.05) is 60.2 Å². The second kappa shape index (κ2) is 4.58. The lowest BCUT2D eigenvalue weighted by Crippen LogP contribution is -2.02. The lowest BCUT2D eigenvalue weighted by molar-refractivity contribution is 0.864. The van der Waals surface area contributed by atoms with Crippen molar-refractivity contribution in [2.45, 2.75) is 19.3 Å². The topological polar surface area (TPSA) is 0 Å². The molecule has 0 bridgehead atoms. The summed E-state index contributed by atoms with van der Waals surface area (Å²) in [5.41, 5.74) is 5.53. The number of hydrogen-bond donors (Lipinski definition) is 0. The Morgan fingerprint density at radius 2 is 1.59 bits per heavy atom. The lowest BCUT2D eigenvalue weighted by atomic mass is 9.89. The van der Waals surface area contributed by atoms with E-state index in [0.29, 0.717) is 0 Å². The van der Waals surface area contributed by atoms with Crippen LogP contribution in [0.5, 0.6) is 0 Å². The normalized spacial score (nSPS) is 14.0. The molecule has 0 heterocycles. The van der Waals surface area contributed by atoms with E-state index in [-0.39, 0.29) is 0 Å². The summed E-state index contributed by atoms with van der Waals surface area (Å²) in [7, 11) is 0. The van der Waals surface area contributed by atoms with Crippen LogP contribution in [-0.2, 0) is 12.8 Å². The Morgan fingerprint density at radius 1 is 0.824 bits per heavy atom. The molecule has 0 aromatic heterocycles. The van der Waals surface area contributed by atoms with Crippen molar-refractivity contribution in [3.05, 3.63) is 82.9 Å². The number of allylic oxidation sites excluding steroid dienone is 1. The van der Waals surface area contributed by atoms with Crippen LogP contribution in [0.4, 0.5) is 0 Å². The minimum absolute atomic E-state index is 1.04. The summed E-state index contributed by atoms with van der Waals surface area (Å²) >= 11 is 0. The van der Waals surface area contributed by atoms with E-state index >= 15 is 0 Å². The smallest absolute Gasteiger partial charge is 0.00575 e. The van der Waals surface area contributed by atoms with Crippen molar-refractivity contribution in [1.82, 2.24) is 0 Å². The first kappa shape index (κ1) is 10.3. The van der Waals surface area contributed by atoms with Gasteiger partial charge in [-0.2, -0.15) is 0 Å². The highest BCUT2D eigenvalue weighted by Gasteiger charge is 2.10. The number of benzene rings is 2. The average Bonchev–Trinajstić information content (AvgIpc) is 2.40. The molecule has 0 spiro atoms. The summed E-state index contributed by atoms with van der Waals surface area (Å²) in [6.45, 7) is 0. The number of rotatable bonds is 2. The molecule has 1 aliphatic carbocycles. The Kier molecular flexibility index (Phi) is 2.79. The molecule has 0 heteroatoms. The van der Waals surface area contributed by atoms with Crippen LogP contribution < -0.4 is 0 Å². The fraction of sp³-hybridized carbons (Fsp3) is 0.176. The maximum atomic E-state index is 3.56. The van der Waals surface area contributed by atoms with Gasteiger partial charge in [0.25, 0.3) is 0 Å². The third-order valence-electron chi connectivity index (χ3n) is 3.29. The molecule has 2 aromatic rings. The van der Waals surface area contributed by atoms with Gasteiger partial charge in [-0.3, -0.25) is 0 Å². The molecule has 0 atom stereocenters. The van der Waals surface area contributed by atoms with Crippen LogP contribution in [-0.4, -0.2) is 0 Å². The van der Waals surface area contributed by atoms with E-state index in [0.717, 1.165) is 19.3 Å². The largest absolute Gasteiger partial charge is 0.0622 e. The van der Waals surface area contributed by atoms with Crippen molar-refractivity contribution in [2.24, 2.45) is 0 Å². The van der Waals surface area contributed by atoms with E-state index < -0.39 is 0 Å². The summed E-state index contributed by atoms with van der Waals surface area (Å²) in [6, 6.07) is 19.2. The third kappa shape index (κ3) is 2.31. The average molecular weight is 219 g/mol. The van der Waals surface area contributed by atoms with Crippen molar-refractivity contribution in [1.29, 1.82) is 0 Å². The molecule has 17 heavy (non-hydrogen) atoms. The Hall–Kier alpha value is -1.82. The monoisotopic (exact) mass is 219 g/mol. The lowest BCUT2D eigenvalue weighted by Gasteiger charge is -2.15. The zero-order chi connectivity index (χ0) is 11.5. The second-order valence-electron chi connectivity index (χ2n) is 4.55. The minimum Gasteiger partial charge on any atom is -0.0622 e. The van der Waals surface area contributed by atoms with Gasteiger partial charge < -0.3 is 0 Å². The summed E-state index contributed by atoms with van der Waals surface area (Å²) in [5, 5.41) is 0. The molecule has 3 rings (SSSR count). The van der Waals surface area contributed by atoms with Gasteiger partial charge in [0.1, 0.15) is 0 Å².